The van der Waals surface area contributed by atoms with Crippen LogP contribution in [0.5, 0.6) is 0 Å². The van der Waals surface area contributed by atoms with Crippen molar-refractivity contribution in [2.75, 3.05) is 5.32 Å². The lowest BCUT2D eigenvalue weighted by Gasteiger charge is -2.25. The minimum absolute atomic E-state index is 0.0201. The summed E-state index contributed by atoms with van der Waals surface area (Å²) in [5, 5.41) is 21.7. The first-order valence-electron chi connectivity index (χ1n) is 9.63. The number of benzene rings is 1. The lowest BCUT2D eigenvalue weighted by Crippen LogP contribution is -2.28. The highest BCUT2D eigenvalue weighted by molar-refractivity contribution is 5.74. The van der Waals surface area contributed by atoms with Crippen LogP contribution in [0.4, 0.5) is 11.6 Å². The molecule has 0 atom stereocenters. The quantitative estimate of drug-likeness (QED) is 0.738. The van der Waals surface area contributed by atoms with Gasteiger partial charge in [0.1, 0.15) is 11.6 Å². The van der Waals surface area contributed by atoms with Gasteiger partial charge in [0.2, 0.25) is 5.95 Å². The number of hydrogen-bond acceptors (Lipinski definition) is 6. The van der Waals surface area contributed by atoms with Crippen molar-refractivity contribution in [2.24, 2.45) is 13.0 Å². The van der Waals surface area contributed by atoms with Crippen LogP contribution >= 0.6 is 0 Å². The first-order chi connectivity index (χ1) is 14.0. The van der Waals surface area contributed by atoms with Crippen LogP contribution in [0, 0.1) is 35.5 Å². The highest BCUT2D eigenvalue weighted by Crippen LogP contribution is 2.33. The van der Waals surface area contributed by atoms with E-state index in [4.69, 9.17) is 5.26 Å². The van der Waals surface area contributed by atoms with Gasteiger partial charge in [-0.05, 0) is 44.2 Å². The molecule has 1 fully saturated rings. The van der Waals surface area contributed by atoms with E-state index in [0.717, 1.165) is 31.2 Å². The lowest BCUT2D eigenvalue weighted by molar-refractivity contribution is 0.311. The molecule has 0 spiro atoms. The number of para-hydroxylation sites is 1. The second-order valence-electron chi connectivity index (χ2n) is 7.48. The number of aryl methyl sites for hydroxylation is 2. The maximum absolute atomic E-state index is 12.9. The fraction of sp³-hybridized carbons (Fsp3) is 0.381. The molecule has 8 heteroatoms. The Morgan fingerprint density at radius 2 is 1.97 bits per heavy atom. The lowest BCUT2D eigenvalue weighted by atomic mass is 9.87. The monoisotopic (exact) mass is 387 g/mol. The maximum Gasteiger partial charge on any atom is 0.330 e. The topological polar surface area (TPSA) is 112 Å². The Bertz CT molecular complexity index is 1220. The van der Waals surface area contributed by atoms with Gasteiger partial charge in [0.05, 0.1) is 23.5 Å². The van der Waals surface area contributed by atoms with Gasteiger partial charge in [-0.2, -0.15) is 15.5 Å². The van der Waals surface area contributed by atoms with E-state index in [1.807, 2.05) is 19.1 Å². The number of nitriles is 2. The van der Waals surface area contributed by atoms with Crippen LogP contribution in [-0.2, 0) is 7.05 Å². The molecule has 3 aromatic rings. The molecule has 29 heavy (non-hydrogen) atoms. The van der Waals surface area contributed by atoms with Crippen LogP contribution < -0.4 is 11.0 Å². The average Bonchev–Trinajstić information content (AvgIpc) is 2.99. The molecular weight excluding hydrogens is 366 g/mol. The van der Waals surface area contributed by atoms with E-state index < -0.39 is 0 Å². The Morgan fingerprint density at radius 1 is 1.21 bits per heavy atom. The van der Waals surface area contributed by atoms with E-state index in [-0.39, 0.29) is 17.6 Å². The molecule has 8 nitrogen and oxygen atoms in total. The first-order valence-corrected chi connectivity index (χ1v) is 9.63. The van der Waals surface area contributed by atoms with Crippen LogP contribution in [0.15, 0.2) is 29.2 Å². The summed E-state index contributed by atoms with van der Waals surface area (Å²) in [5.41, 5.74) is 3.19. The summed E-state index contributed by atoms with van der Waals surface area (Å²) < 4.78 is 3.29. The van der Waals surface area contributed by atoms with E-state index in [9.17, 15) is 10.1 Å². The molecule has 0 unspecified atom stereocenters. The molecule has 2 aromatic heterocycles. The molecule has 2 heterocycles. The molecule has 0 saturated heterocycles. The minimum Gasteiger partial charge on any atom is -0.323 e. The smallest absolute Gasteiger partial charge is 0.323 e. The van der Waals surface area contributed by atoms with Gasteiger partial charge in [-0.1, -0.05) is 12.1 Å². The summed E-state index contributed by atoms with van der Waals surface area (Å²) in [4.78, 5) is 21.9. The van der Waals surface area contributed by atoms with Gasteiger partial charge in [0.25, 0.3) is 0 Å². The second kappa shape index (κ2) is 7.40. The summed E-state index contributed by atoms with van der Waals surface area (Å²) in [7, 11) is 1.72. The summed E-state index contributed by atoms with van der Waals surface area (Å²) in [6.07, 6.45) is 4.76. The van der Waals surface area contributed by atoms with Crippen LogP contribution in [-0.4, -0.2) is 19.1 Å². The molecule has 1 saturated carbocycles. The third-order valence-corrected chi connectivity index (χ3v) is 5.71. The van der Waals surface area contributed by atoms with Gasteiger partial charge < -0.3 is 5.32 Å². The Balaban J connectivity index is 1.76. The first kappa shape index (κ1) is 18.7. The number of aromatic nitrogens is 4. The third-order valence-electron chi connectivity index (χ3n) is 5.71. The molecule has 1 aliphatic rings. The predicted octanol–water partition coefficient (Wildman–Crippen LogP) is 3.31. The number of imidazole rings is 1. The zero-order valence-corrected chi connectivity index (χ0v) is 16.4. The zero-order valence-electron chi connectivity index (χ0n) is 16.4. The largest absolute Gasteiger partial charge is 0.330 e. The van der Waals surface area contributed by atoms with Crippen LogP contribution in [0.2, 0.25) is 0 Å². The number of nitrogens with zero attached hydrogens (tertiary/aromatic N) is 6. The van der Waals surface area contributed by atoms with E-state index in [1.54, 1.807) is 28.4 Å². The van der Waals surface area contributed by atoms with Crippen molar-refractivity contribution in [1.82, 2.24) is 19.1 Å². The fourth-order valence-electron chi connectivity index (χ4n) is 4.03. The van der Waals surface area contributed by atoms with Crippen molar-refractivity contribution in [3.63, 3.8) is 0 Å². The van der Waals surface area contributed by atoms with E-state index >= 15 is 0 Å². The van der Waals surface area contributed by atoms with Gasteiger partial charge in [0.15, 0.2) is 5.65 Å². The normalized spacial score (nSPS) is 18.9. The molecule has 0 radical (unpaired) electrons. The molecule has 146 valence electrons. The Kier molecular flexibility index (Phi) is 4.77. The Hall–Kier alpha value is -3.65. The molecule has 1 aromatic carbocycles. The highest BCUT2D eigenvalue weighted by Gasteiger charge is 2.26. The van der Waals surface area contributed by atoms with Gasteiger partial charge in [-0.15, -0.1) is 0 Å². The summed E-state index contributed by atoms with van der Waals surface area (Å²) in [5.74, 6) is 0.405. The Labute approximate surface area is 168 Å². The maximum atomic E-state index is 12.9. The Morgan fingerprint density at radius 3 is 2.66 bits per heavy atom. The number of hydrogen-bond donors (Lipinski definition) is 1. The van der Waals surface area contributed by atoms with Crippen LogP contribution in [0.3, 0.4) is 0 Å². The average molecular weight is 387 g/mol. The van der Waals surface area contributed by atoms with Crippen molar-refractivity contribution in [1.29, 1.82) is 10.5 Å². The van der Waals surface area contributed by atoms with Crippen LogP contribution in [0.25, 0.3) is 11.2 Å². The molecular formula is C21H21N7O. The van der Waals surface area contributed by atoms with Gasteiger partial charge in [-0.25, -0.2) is 9.78 Å². The molecule has 0 amide bonds. The van der Waals surface area contributed by atoms with Crippen molar-refractivity contribution in [3.05, 3.63) is 46.0 Å². The van der Waals surface area contributed by atoms with Gasteiger partial charge in [0, 0.05) is 19.0 Å². The summed E-state index contributed by atoms with van der Waals surface area (Å²) >= 11 is 0. The van der Waals surface area contributed by atoms with Gasteiger partial charge in [-0.3, -0.25) is 9.13 Å². The minimum atomic E-state index is -0.125. The number of fused-ring (bicyclic) bond motifs is 1. The second-order valence-corrected chi connectivity index (χ2v) is 7.48. The van der Waals surface area contributed by atoms with Crippen molar-refractivity contribution < 1.29 is 0 Å². The highest BCUT2D eigenvalue weighted by atomic mass is 16.1. The van der Waals surface area contributed by atoms with E-state index in [2.05, 4.69) is 27.4 Å². The molecule has 4 rings (SSSR count). The van der Waals surface area contributed by atoms with E-state index in [0.29, 0.717) is 28.4 Å². The number of rotatable bonds is 3. The zero-order chi connectivity index (χ0) is 20.5. The third kappa shape index (κ3) is 3.23. The molecule has 0 bridgehead atoms. The van der Waals surface area contributed by atoms with Gasteiger partial charge >= 0.3 is 5.69 Å². The molecule has 0 aliphatic heterocycles. The SMILES string of the molecule is Cc1cccc(C#N)c1Nc1ncc2c(n1)n([C@H]1CC[C@@H](C#N)CC1)c(=O)n2C. The standard InChI is InChI=1S/C21H21N7O/c1-13-4-3-5-15(11-23)18(13)25-20-24-12-17-19(26-20)28(21(29)27(17)2)16-8-6-14(10-22)7-9-16/h3-5,12,14,16H,6-9H2,1-2H3,(H,24,25,26)/t14-,16+. The molecule has 1 aliphatic carbocycles. The summed E-state index contributed by atoms with van der Waals surface area (Å²) in [6, 6.07) is 10.0. The van der Waals surface area contributed by atoms with Crippen molar-refractivity contribution in [3.8, 4) is 12.1 Å². The predicted molar refractivity (Wildman–Crippen MR) is 109 cm³/mol. The summed E-state index contributed by atoms with van der Waals surface area (Å²) in [6.45, 7) is 1.91. The number of anilines is 2. The van der Waals surface area contributed by atoms with Crippen molar-refractivity contribution in [2.45, 2.75) is 38.6 Å². The molecule has 1 N–H and O–H groups in total. The fourth-order valence-corrected chi connectivity index (χ4v) is 4.03. The van der Waals surface area contributed by atoms with Crippen molar-refractivity contribution >= 4 is 22.8 Å². The number of nitrogens with one attached hydrogen (secondary N) is 1. The van der Waals surface area contributed by atoms with E-state index in [1.165, 1.54) is 0 Å². The van der Waals surface area contributed by atoms with Crippen LogP contribution in [0.1, 0.15) is 42.9 Å².